The Balaban J connectivity index is 1.75. The van der Waals surface area contributed by atoms with Crippen LogP contribution in [0.15, 0.2) is 48.5 Å². The molecular formula is C19H12F6O4S. The molecule has 1 fully saturated rings. The average Bonchev–Trinajstić information content (AvgIpc) is 2.65. The van der Waals surface area contributed by atoms with Gasteiger partial charge in [-0.25, -0.2) is 8.42 Å². The first-order valence-corrected chi connectivity index (χ1v) is 9.99. The van der Waals surface area contributed by atoms with Gasteiger partial charge in [0.1, 0.15) is 10.5 Å². The molecule has 0 spiro atoms. The van der Waals surface area contributed by atoms with Crippen LogP contribution in [0.5, 0.6) is 0 Å². The number of sulfone groups is 1. The van der Waals surface area contributed by atoms with Crippen LogP contribution in [0.1, 0.15) is 38.3 Å². The minimum Gasteiger partial charge on any atom is -0.293 e. The molecule has 0 radical (unpaired) electrons. The van der Waals surface area contributed by atoms with Crippen molar-refractivity contribution in [2.45, 2.75) is 29.3 Å². The lowest BCUT2D eigenvalue weighted by Gasteiger charge is -2.33. The summed E-state index contributed by atoms with van der Waals surface area (Å²) in [5.41, 5.74) is -2.52. The molecule has 2 aromatic rings. The summed E-state index contributed by atoms with van der Waals surface area (Å²) in [5.74, 6) is -1.89. The SMILES string of the molecule is O=C(c1ccc(C(F)(F)F)cc1)[C@H]1C[C@@H](C(=O)c2ccc(C(F)(F)F)cc2)S1(=O)=O. The van der Waals surface area contributed by atoms with Crippen molar-refractivity contribution in [1.82, 2.24) is 0 Å². The molecule has 0 amide bonds. The Morgan fingerprint density at radius 3 is 1.20 bits per heavy atom. The van der Waals surface area contributed by atoms with Crippen LogP contribution in [0.2, 0.25) is 0 Å². The average molecular weight is 450 g/mol. The largest absolute Gasteiger partial charge is 0.416 e. The molecule has 4 nitrogen and oxygen atoms in total. The molecule has 11 heteroatoms. The van der Waals surface area contributed by atoms with E-state index in [1.54, 1.807) is 0 Å². The number of carbonyl (C=O) groups excluding carboxylic acids is 2. The van der Waals surface area contributed by atoms with Crippen molar-refractivity contribution in [3.63, 3.8) is 0 Å². The standard InChI is InChI=1S/C19H12F6O4S/c20-18(21,22)12-5-1-10(2-6-12)16(26)14-9-15(30(14,28)29)17(27)11-3-7-13(8-4-11)19(23,24)25/h1-8,14-15H,9H2/t14-,15+. The zero-order chi connectivity index (χ0) is 22.5. The van der Waals surface area contributed by atoms with E-state index >= 15 is 0 Å². The summed E-state index contributed by atoms with van der Waals surface area (Å²) >= 11 is 0. The summed E-state index contributed by atoms with van der Waals surface area (Å²) in [7, 11) is -4.28. The first kappa shape index (κ1) is 22.0. The molecular weight excluding hydrogens is 438 g/mol. The zero-order valence-corrected chi connectivity index (χ0v) is 15.6. The number of Topliss-reactive ketones (excluding diaryl/α,β-unsaturated/α-hetero) is 2. The van der Waals surface area contributed by atoms with Crippen LogP contribution < -0.4 is 0 Å². The number of hydrogen-bond donors (Lipinski definition) is 0. The van der Waals surface area contributed by atoms with Gasteiger partial charge in [0.2, 0.25) is 0 Å². The van der Waals surface area contributed by atoms with Crippen LogP contribution in [0.25, 0.3) is 0 Å². The third kappa shape index (κ3) is 3.98. The van der Waals surface area contributed by atoms with Crippen LogP contribution in [0, 0.1) is 0 Å². The monoisotopic (exact) mass is 450 g/mol. The maximum Gasteiger partial charge on any atom is 0.416 e. The minimum atomic E-state index is -4.62. The molecule has 0 saturated carbocycles. The number of halogens is 6. The van der Waals surface area contributed by atoms with Crippen LogP contribution >= 0.6 is 0 Å². The third-order valence-corrected chi connectivity index (χ3v) is 7.20. The van der Waals surface area contributed by atoms with Crippen molar-refractivity contribution in [1.29, 1.82) is 0 Å². The second-order valence-corrected chi connectivity index (χ2v) is 9.00. The molecule has 0 N–H and O–H groups in total. The van der Waals surface area contributed by atoms with Crippen molar-refractivity contribution in [2.24, 2.45) is 0 Å². The van der Waals surface area contributed by atoms with Gasteiger partial charge >= 0.3 is 12.4 Å². The molecule has 0 bridgehead atoms. The second-order valence-electron chi connectivity index (χ2n) is 6.68. The lowest BCUT2D eigenvalue weighted by Crippen LogP contribution is -2.54. The van der Waals surface area contributed by atoms with Gasteiger partial charge in [0.25, 0.3) is 0 Å². The van der Waals surface area contributed by atoms with E-state index in [-0.39, 0.29) is 11.1 Å². The maximum absolute atomic E-state index is 12.6. The van der Waals surface area contributed by atoms with E-state index in [1.165, 1.54) is 0 Å². The minimum absolute atomic E-state index is 0.253. The van der Waals surface area contributed by atoms with Crippen molar-refractivity contribution in [3.05, 3.63) is 70.8 Å². The predicted octanol–water partition coefficient (Wildman–Crippen LogP) is 4.35. The van der Waals surface area contributed by atoms with E-state index in [9.17, 15) is 44.3 Å². The van der Waals surface area contributed by atoms with Gasteiger partial charge in [-0.15, -0.1) is 0 Å². The third-order valence-electron chi connectivity index (χ3n) is 4.80. The summed E-state index contributed by atoms with van der Waals surface area (Å²) in [5, 5.41) is -3.20. The van der Waals surface area contributed by atoms with E-state index < -0.39 is 61.8 Å². The van der Waals surface area contributed by atoms with Crippen LogP contribution in [0.4, 0.5) is 26.3 Å². The fourth-order valence-electron chi connectivity index (χ4n) is 3.07. The highest BCUT2D eigenvalue weighted by Gasteiger charge is 2.54. The van der Waals surface area contributed by atoms with Gasteiger partial charge in [-0.1, -0.05) is 24.3 Å². The quantitative estimate of drug-likeness (QED) is 0.513. The summed E-state index contributed by atoms with van der Waals surface area (Å²) in [6.07, 6.45) is -9.64. The van der Waals surface area contributed by atoms with Gasteiger partial charge in [0.15, 0.2) is 21.4 Å². The van der Waals surface area contributed by atoms with Crippen molar-refractivity contribution >= 4 is 21.4 Å². The smallest absolute Gasteiger partial charge is 0.293 e. The van der Waals surface area contributed by atoms with Crippen molar-refractivity contribution < 1.29 is 44.3 Å². The molecule has 0 aliphatic carbocycles. The molecule has 3 rings (SSSR count). The van der Waals surface area contributed by atoms with E-state index in [4.69, 9.17) is 0 Å². The summed E-state index contributed by atoms with van der Waals surface area (Å²) < 4.78 is 100. The Morgan fingerprint density at radius 1 is 0.667 bits per heavy atom. The van der Waals surface area contributed by atoms with Crippen LogP contribution in [-0.4, -0.2) is 30.5 Å². The fourth-order valence-corrected chi connectivity index (χ4v) is 4.90. The molecule has 0 unspecified atom stereocenters. The van der Waals surface area contributed by atoms with Gasteiger partial charge in [0.05, 0.1) is 11.1 Å². The lowest BCUT2D eigenvalue weighted by molar-refractivity contribution is -0.138. The number of carbonyl (C=O) groups is 2. The Kier molecular flexibility index (Phi) is 5.30. The molecule has 30 heavy (non-hydrogen) atoms. The van der Waals surface area contributed by atoms with Gasteiger partial charge in [0, 0.05) is 11.1 Å². The Morgan fingerprint density at radius 2 is 0.967 bits per heavy atom. The van der Waals surface area contributed by atoms with Gasteiger partial charge in [-0.05, 0) is 30.7 Å². The second kappa shape index (κ2) is 7.22. The molecule has 1 aliphatic heterocycles. The number of ketones is 2. The van der Waals surface area contributed by atoms with E-state index in [1.807, 2.05) is 0 Å². The number of rotatable bonds is 4. The van der Waals surface area contributed by atoms with Gasteiger partial charge < -0.3 is 0 Å². The number of benzene rings is 2. The molecule has 1 aliphatic rings. The Hall–Kier alpha value is -2.69. The topological polar surface area (TPSA) is 68.3 Å². The first-order valence-electron chi connectivity index (χ1n) is 8.38. The number of alkyl halides is 6. The van der Waals surface area contributed by atoms with Gasteiger partial charge in [-0.3, -0.25) is 9.59 Å². The van der Waals surface area contributed by atoms with Gasteiger partial charge in [-0.2, -0.15) is 26.3 Å². The summed E-state index contributed by atoms with van der Waals surface area (Å²) in [4.78, 5) is 24.7. The molecule has 1 heterocycles. The van der Waals surface area contributed by atoms with Crippen molar-refractivity contribution in [2.75, 3.05) is 0 Å². The lowest BCUT2D eigenvalue weighted by atomic mass is 9.98. The molecule has 1 saturated heterocycles. The summed E-state index contributed by atoms with van der Waals surface area (Å²) in [6, 6.07) is 5.98. The normalized spacial score (nSPS) is 21.0. The Labute approximate surface area is 166 Å². The maximum atomic E-state index is 12.6. The predicted molar refractivity (Wildman–Crippen MR) is 92.7 cm³/mol. The van der Waals surface area contributed by atoms with E-state index in [2.05, 4.69) is 0 Å². The van der Waals surface area contributed by atoms with Crippen LogP contribution in [0.3, 0.4) is 0 Å². The zero-order valence-electron chi connectivity index (χ0n) is 14.8. The van der Waals surface area contributed by atoms with Crippen molar-refractivity contribution in [3.8, 4) is 0 Å². The van der Waals surface area contributed by atoms with Crippen LogP contribution in [-0.2, 0) is 22.2 Å². The van der Waals surface area contributed by atoms with E-state index in [0.717, 1.165) is 24.3 Å². The molecule has 160 valence electrons. The molecule has 2 atom stereocenters. The highest BCUT2D eigenvalue weighted by Crippen LogP contribution is 2.36. The molecule has 2 aromatic carbocycles. The fraction of sp³-hybridized carbons (Fsp3) is 0.263. The first-order chi connectivity index (χ1) is 13.7. The summed E-state index contributed by atoms with van der Waals surface area (Å²) in [6.45, 7) is 0. The Bertz CT molecular complexity index is 1000. The highest BCUT2D eigenvalue weighted by molar-refractivity contribution is 7.95. The highest BCUT2D eigenvalue weighted by atomic mass is 32.2. The molecule has 0 aromatic heterocycles. The number of hydrogen-bond acceptors (Lipinski definition) is 4. The van der Waals surface area contributed by atoms with E-state index in [0.29, 0.717) is 24.3 Å².